The summed E-state index contributed by atoms with van der Waals surface area (Å²) in [5.74, 6) is 0. The van der Waals surface area contributed by atoms with Gasteiger partial charge in [-0.3, -0.25) is 0 Å². The van der Waals surface area contributed by atoms with Gasteiger partial charge < -0.3 is 5.73 Å². The van der Waals surface area contributed by atoms with Crippen LogP contribution in [0.3, 0.4) is 0 Å². The van der Waals surface area contributed by atoms with Gasteiger partial charge in [-0.1, -0.05) is 23.7 Å². The Morgan fingerprint density at radius 3 is 2.50 bits per heavy atom. The summed E-state index contributed by atoms with van der Waals surface area (Å²) < 4.78 is 26.1. The Morgan fingerprint density at radius 2 is 1.95 bits per heavy atom. The Hall–Kier alpha value is -0.920. The molecule has 1 aromatic carbocycles. The molecule has 1 aromatic heterocycles. The quantitative estimate of drug-likeness (QED) is 0.916. The number of thiophene rings is 1. The Balaban J connectivity index is 2.18. The molecule has 0 unspecified atom stereocenters. The monoisotopic (exact) mass is 330 g/mol. The van der Waals surface area contributed by atoms with E-state index in [0.29, 0.717) is 23.0 Å². The molecule has 2 rings (SSSR count). The van der Waals surface area contributed by atoms with Crippen molar-refractivity contribution in [3.63, 3.8) is 0 Å². The predicted molar refractivity (Wildman–Crippen MR) is 82.3 cm³/mol. The number of hydrogen-bond donors (Lipinski definition) is 1. The Morgan fingerprint density at radius 1 is 1.30 bits per heavy atom. The zero-order valence-corrected chi connectivity index (χ0v) is 13.3. The van der Waals surface area contributed by atoms with Crippen molar-refractivity contribution in [2.75, 3.05) is 7.05 Å². The first-order valence-corrected chi connectivity index (χ1v) is 8.61. The first-order chi connectivity index (χ1) is 9.43. The van der Waals surface area contributed by atoms with Crippen LogP contribution in [0.4, 0.5) is 0 Å². The maximum Gasteiger partial charge on any atom is 0.243 e. The van der Waals surface area contributed by atoms with Crippen molar-refractivity contribution in [1.29, 1.82) is 0 Å². The molecule has 0 radical (unpaired) electrons. The van der Waals surface area contributed by atoms with Gasteiger partial charge in [-0.2, -0.15) is 4.31 Å². The fraction of sp³-hybridized carbons (Fsp3) is 0.231. The topological polar surface area (TPSA) is 63.4 Å². The van der Waals surface area contributed by atoms with E-state index in [2.05, 4.69) is 0 Å². The molecule has 0 saturated heterocycles. The van der Waals surface area contributed by atoms with Crippen molar-refractivity contribution < 1.29 is 8.42 Å². The molecular formula is C13H15ClN2O2S2. The van der Waals surface area contributed by atoms with Crippen LogP contribution >= 0.6 is 22.9 Å². The average molecular weight is 331 g/mol. The smallest absolute Gasteiger partial charge is 0.243 e. The summed E-state index contributed by atoms with van der Waals surface area (Å²) in [4.78, 5) is 1.14. The highest BCUT2D eigenvalue weighted by Crippen LogP contribution is 2.23. The Bertz CT molecular complexity index is 681. The summed E-state index contributed by atoms with van der Waals surface area (Å²) in [6.45, 7) is 0.647. The molecule has 1 heterocycles. The minimum Gasteiger partial charge on any atom is -0.326 e. The molecule has 0 aliphatic carbocycles. The average Bonchev–Trinajstić information content (AvgIpc) is 2.90. The Labute approximate surface area is 127 Å². The van der Waals surface area contributed by atoms with Crippen molar-refractivity contribution in [2.45, 2.75) is 18.0 Å². The zero-order chi connectivity index (χ0) is 14.8. The van der Waals surface area contributed by atoms with Gasteiger partial charge in [0.25, 0.3) is 0 Å². The van der Waals surface area contributed by atoms with Crippen molar-refractivity contribution in [3.05, 3.63) is 51.2 Å². The van der Waals surface area contributed by atoms with E-state index >= 15 is 0 Å². The Kier molecular flexibility index (Phi) is 4.82. The lowest BCUT2D eigenvalue weighted by Gasteiger charge is -2.16. The highest BCUT2D eigenvalue weighted by Gasteiger charge is 2.22. The van der Waals surface area contributed by atoms with Crippen molar-refractivity contribution >= 4 is 33.0 Å². The van der Waals surface area contributed by atoms with E-state index in [0.717, 1.165) is 10.4 Å². The fourth-order valence-corrected chi connectivity index (χ4v) is 4.14. The van der Waals surface area contributed by atoms with Crippen LogP contribution in [0.2, 0.25) is 5.02 Å². The second-order valence-electron chi connectivity index (χ2n) is 4.34. The molecule has 2 N–H and O–H groups in total. The zero-order valence-electron chi connectivity index (χ0n) is 10.9. The van der Waals surface area contributed by atoms with Gasteiger partial charge in [0.05, 0.1) is 4.90 Å². The number of rotatable bonds is 5. The van der Waals surface area contributed by atoms with Crippen molar-refractivity contribution in [3.8, 4) is 0 Å². The summed E-state index contributed by atoms with van der Waals surface area (Å²) in [5, 5.41) is 2.25. The van der Waals surface area contributed by atoms with Gasteiger partial charge in [-0.05, 0) is 23.8 Å². The van der Waals surface area contributed by atoms with Crippen LogP contribution in [-0.2, 0) is 23.1 Å². The van der Waals surface area contributed by atoms with Crippen LogP contribution < -0.4 is 5.73 Å². The second-order valence-corrected chi connectivity index (χ2v) is 7.82. The summed E-state index contributed by atoms with van der Waals surface area (Å²) in [6, 6.07) is 8.74. The van der Waals surface area contributed by atoms with Crippen LogP contribution in [0.15, 0.2) is 40.6 Å². The molecule has 0 atom stereocenters. The molecule has 0 bridgehead atoms. The van der Waals surface area contributed by atoms with Gasteiger partial charge in [0.2, 0.25) is 10.0 Å². The number of sulfonamides is 1. The van der Waals surface area contributed by atoms with E-state index in [1.165, 1.54) is 15.6 Å². The highest BCUT2D eigenvalue weighted by atomic mass is 35.5. The highest BCUT2D eigenvalue weighted by molar-refractivity contribution is 7.89. The van der Waals surface area contributed by atoms with Gasteiger partial charge >= 0.3 is 0 Å². The lowest BCUT2D eigenvalue weighted by Crippen LogP contribution is -2.26. The number of nitrogens with zero attached hydrogens (tertiary/aromatic N) is 1. The minimum absolute atomic E-state index is 0.291. The lowest BCUT2D eigenvalue weighted by atomic mass is 10.2. The van der Waals surface area contributed by atoms with E-state index in [1.807, 2.05) is 12.1 Å². The number of benzene rings is 1. The van der Waals surface area contributed by atoms with Crippen LogP contribution in [0.5, 0.6) is 0 Å². The lowest BCUT2D eigenvalue weighted by molar-refractivity contribution is 0.467. The molecule has 4 nitrogen and oxygen atoms in total. The van der Waals surface area contributed by atoms with Crippen LogP contribution in [-0.4, -0.2) is 19.8 Å². The molecule has 7 heteroatoms. The van der Waals surface area contributed by atoms with Gasteiger partial charge in [-0.25, -0.2) is 8.42 Å². The van der Waals surface area contributed by atoms with E-state index < -0.39 is 10.0 Å². The van der Waals surface area contributed by atoms with Crippen LogP contribution in [0.25, 0.3) is 0 Å². The third-order valence-corrected chi connectivity index (χ3v) is 6.00. The molecule has 0 amide bonds. The molecule has 0 aliphatic rings. The van der Waals surface area contributed by atoms with Crippen molar-refractivity contribution in [2.24, 2.45) is 5.73 Å². The van der Waals surface area contributed by atoms with Gasteiger partial charge in [0, 0.05) is 35.4 Å². The number of hydrogen-bond acceptors (Lipinski definition) is 4. The maximum atomic E-state index is 12.4. The molecule has 0 fully saturated rings. The fourth-order valence-electron chi connectivity index (χ4n) is 1.71. The largest absolute Gasteiger partial charge is 0.326 e. The maximum absolute atomic E-state index is 12.4. The third kappa shape index (κ3) is 3.39. The summed E-state index contributed by atoms with van der Waals surface area (Å²) in [7, 11) is -1.92. The summed E-state index contributed by atoms with van der Waals surface area (Å²) >= 11 is 7.16. The standard InChI is InChI=1S/C13H15ClN2O2S2/c1-16(8-10-2-4-11(14)5-3-10)20(17,18)13-6-12(7-15)19-9-13/h2-6,9H,7-8,15H2,1H3. The molecule has 108 valence electrons. The number of halogens is 1. The molecule has 0 saturated carbocycles. The normalized spacial score (nSPS) is 12.0. The second kappa shape index (κ2) is 6.24. The minimum atomic E-state index is -3.48. The number of nitrogens with two attached hydrogens (primary N) is 1. The van der Waals surface area contributed by atoms with Gasteiger partial charge in [0.15, 0.2) is 0 Å². The molecule has 0 aliphatic heterocycles. The molecule has 2 aromatic rings. The van der Waals surface area contributed by atoms with Gasteiger partial charge in [-0.15, -0.1) is 11.3 Å². The van der Waals surface area contributed by atoms with E-state index in [-0.39, 0.29) is 0 Å². The predicted octanol–water partition coefficient (Wildman–Crippen LogP) is 2.68. The van der Waals surface area contributed by atoms with Crippen LogP contribution in [0.1, 0.15) is 10.4 Å². The summed E-state index contributed by atoms with van der Waals surface area (Å²) in [5.41, 5.74) is 6.39. The van der Waals surface area contributed by atoms with E-state index in [4.69, 9.17) is 17.3 Å². The van der Waals surface area contributed by atoms with Gasteiger partial charge in [0.1, 0.15) is 0 Å². The SMILES string of the molecule is CN(Cc1ccc(Cl)cc1)S(=O)(=O)c1csc(CN)c1. The molecule has 0 spiro atoms. The first kappa shape index (κ1) is 15.5. The van der Waals surface area contributed by atoms with E-state index in [1.54, 1.807) is 30.6 Å². The molecule has 20 heavy (non-hydrogen) atoms. The molecular weight excluding hydrogens is 316 g/mol. The first-order valence-electron chi connectivity index (χ1n) is 5.92. The summed E-state index contributed by atoms with van der Waals surface area (Å²) in [6.07, 6.45) is 0. The van der Waals surface area contributed by atoms with Crippen molar-refractivity contribution in [1.82, 2.24) is 4.31 Å². The third-order valence-electron chi connectivity index (χ3n) is 2.86. The van der Waals surface area contributed by atoms with E-state index in [9.17, 15) is 8.42 Å². The van der Waals surface area contributed by atoms with Crippen LogP contribution in [0, 0.1) is 0 Å².